The van der Waals surface area contributed by atoms with E-state index in [1.807, 2.05) is 20.8 Å². The Labute approximate surface area is 102 Å². The molecular formula is C12H21N3O2. The summed E-state index contributed by atoms with van der Waals surface area (Å²) in [5.41, 5.74) is -0.435. The number of hydrogen-bond acceptors (Lipinski definition) is 4. The van der Waals surface area contributed by atoms with Crippen LogP contribution in [0.1, 0.15) is 33.6 Å². The monoisotopic (exact) mass is 239 g/mol. The van der Waals surface area contributed by atoms with Crippen LogP contribution in [-0.2, 0) is 4.74 Å². The van der Waals surface area contributed by atoms with Crippen molar-refractivity contribution in [3.8, 4) is 0 Å². The van der Waals surface area contributed by atoms with Crippen molar-refractivity contribution in [1.29, 1.82) is 0 Å². The van der Waals surface area contributed by atoms with Crippen LogP contribution >= 0.6 is 0 Å². The molecule has 5 heteroatoms. The topological polar surface area (TPSA) is 53.9 Å². The van der Waals surface area contributed by atoms with Gasteiger partial charge in [-0.25, -0.2) is 4.79 Å². The SMILES string of the molecule is CC(C)(C)OC(=O)N1CCN=C(NC2CC2)C1. The number of amides is 1. The van der Waals surface area contributed by atoms with Crippen molar-refractivity contribution in [3.63, 3.8) is 0 Å². The highest BCUT2D eigenvalue weighted by Crippen LogP contribution is 2.19. The lowest BCUT2D eigenvalue weighted by atomic mass is 10.2. The lowest BCUT2D eigenvalue weighted by Gasteiger charge is -2.29. The molecule has 0 bridgehead atoms. The third kappa shape index (κ3) is 3.91. The molecule has 0 aromatic heterocycles. The lowest BCUT2D eigenvalue weighted by Crippen LogP contribution is -2.47. The fourth-order valence-corrected chi connectivity index (χ4v) is 1.65. The first-order valence-electron chi connectivity index (χ1n) is 6.22. The second-order valence-corrected chi connectivity index (χ2v) is 5.65. The maximum atomic E-state index is 11.9. The second-order valence-electron chi connectivity index (χ2n) is 5.65. The quantitative estimate of drug-likeness (QED) is 0.752. The Morgan fingerprint density at radius 1 is 1.47 bits per heavy atom. The van der Waals surface area contributed by atoms with Gasteiger partial charge < -0.3 is 10.1 Å². The van der Waals surface area contributed by atoms with Crippen LogP contribution in [-0.4, -0.2) is 48.1 Å². The molecule has 0 atom stereocenters. The summed E-state index contributed by atoms with van der Waals surface area (Å²) < 4.78 is 5.35. The summed E-state index contributed by atoms with van der Waals surface area (Å²) in [5.74, 6) is 0.921. The lowest BCUT2D eigenvalue weighted by molar-refractivity contribution is 0.0276. The molecule has 17 heavy (non-hydrogen) atoms. The number of ether oxygens (including phenoxy) is 1. The van der Waals surface area contributed by atoms with E-state index in [1.54, 1.807) is 4.90 Å². The van der Waals surface area contributed by atoms with E-state index in [0.717, 1.165) is 5.84 Å². The standard InChI is InChI=1S/C12H21N3O2/c1-12(2,3)17-11(16)15-7-6-13-10(8-15)14-9-4-5-9/h9H,4-8H2,1-3H3,(H,13,14). The summed E-state index contributed by atoms with van der Waals surface area (Å²) in [7, 11) is 0. The van der Waals surface area contributed by atoms with E-state index < -0.39 is 5.60 Å². The molecule has 0 spiro atoms. The molecule has 1 fully saturated rings. The molecule has 96 valence electrons. The summed E-state index contributed by atoms with van der Waals surface area (Å²) in [6.45, 7) is 7.50. The molecule has 2 rings (SSSR count). The van der Waals surface area contributed by atoms with Gasteiger partial charge in [0.2, 0.25) is 0 Å². The zero-order valence-corrected chi connectivity index (χ0v) is 10.8. The third-order valence-corrected chi connectivity index (χ3v) is 2.61. The van der Waals surface area contributed by atoms with E-state index in [-0.39, 0.29) is 6.09 Å². The molecule has 1 amide bonds. The van der Waals surface area contributed by atoms with Gasteiger partial charge in [0, 0.05) is 12.6 Å². The van der Waals surface area contributed by atoms with Gasteiger partial charge >= 0.3 is 6.09 Å². The van der Waals surface area contributed by atoms with Crippen LogP contribution in [0.25, 0.3) is 0 Å². The van der Waals surface area contributed by atoms with Gasteiger partial charge in [0.05, 0.1) is 13.1 Å². The maximum Gasteiger partial charge on any atom is 0.410 e. The fraction of sp³-hybridized carbons (Fsp3) is 0.833. The highest BCUT2D eigenvalue weighted by atomic mass is 16.6. The zero-order valence-electron chi connectivity index (χ0n) is 10.8. The number of rotatable bonds is 1. The molecule has 2 aliphatic rings. The summed E-state index contributed by atoms with van der Waals surface area (Å²) in [5, 5.41) is 3.34. The fourth-order valence-electron chi connectivity index (χ4n) is 1.65. The van der Waals surface area contributed by atoms with E-state index in [0.29, 0.717) is 25.7 Å². The van der Waals surface area contributed by atoms with Crippen molar-refractivity contribution in [1.82, 2.24) is 10.2 Å². The predicted octanol–water partition coefficient (Wildman–Crippen LogP) is 1.39. The number of hydrogen-bond donors (Lipinski definition) is 1. The minimum Gasteiger partial charge on any atom is -0.444 e. The predicted molar refractivity (Wildman–Crippen MR) is 66.3 cm³/mol. The summed E-state index contributed by atoms with van der Waals surface area (Å²) in [4.78, 5) is 18.0. The summed E-state index contributed by atoms with van der Waals surface area (Å²) >= 11 is 0. The average molecular weight is 239 g/mol. The highest BCUT2D eigenvalue weighted by molar-refractivity contribution is 5.88. The van der Waals surface area contributed by atoms with Gasteiger partial charge in [-0.15, -0.1) is 0 Å². The molecule has 0 saturated heterocycles. The molecule has 1 heterocycles. The van der Waals surface area contributed by atoms with Crippen molar-refractivity contribution in [2.75, 3.05) is 19.6 Å². The summed E-state index contributed by atoms with van der Waals surface area (Å²) in [6, 6.07) is 0.576. The minimum atomic E-state index is -0.435. The van der Waals surface area contributed by atoms with E-state index in [9.17, 15) is 4.79 Å². The number of nitrogens with zero attached hydrogens (tertiary/aromatic N) is 2. The van der Waals surface area contributed by atoms with Crippen LogP contribution < -0.4 is 5.32 Å². The van der Waals surface area contributed by atoms with Crippen LogP contribution in [0.15, 0.2) is 4.99 Å². The van der Waals surface area contributed by atoms with Crippen LogP contribution in [0.2, 0.25) is 0 Å². The van der Waals surface area contributed by atoms with Crippen LogP contribution in [0.4, 0.5) is 4.79 Å². The molecule has 1 aliphatic heterocycles. The first kappa shape index (κ1) is 12.2. The van der Waals surface area contributed by atoms with Gasteiger partial charge in [-0.05, 0) is 33.6 Å². The van der Waals surface area contributed by atoms with E-state index >= 15 is 0 Å². The first-order chi connectivity index (χ1) is 7.94. The molecule has 0 radical (unpaired) electrons. The maximum absolute atomic E-state index is 11.9. The van der Waals surface area contributed by atoms with Gasteiger partial charge in [0.1, 0.15) is 11.4 Å². The minimum absolute atomic E-state index is 0.248. The Morgan fingerprint density at radius 3 is 2.76 bits per heavy atom. The Balaban J connectivity index is 1.85. The molecule has 1 aliphatic carbocycles. The van der Waals surface area contributed by atoms with Crippen LogP contribution in [0.5, 0.6) is 0 Å². The first-order valence-corrected chi connectivity index (χ1v) is 6.22. The van der Waals surface area contributed by atoms with E-state index in [4.69, 9.17) is 4.74 Å². The largest absolute Gasteiger partial charge is 0.444 e. The molecule has 1 N–H and O–H groups in total. The molecule has 5 nitrogen and oxygen atoms in total. The van der Waals surface area contributed by atoms with Crippen molar-refractivity contribution in [2.24, 2.45) is 4.99 Å². The molecular weight excluding hydrogens is 218 g/mol. The normalized spacial score (nSPS) is 20.9. The van der Waals surface area contributed by atoms with E-state index in [1.165, 1.54) is 12.8 Å². The smallest absolute Gasteiger partial charge is 0.410 e. The number of nitrogens with one attached hydrogen (secondary N) is 1. The van der Waals surface area contributed by atoms with Crippen LogP contribution in [0.3, 0.4) is 0 Å². The Bertz CT molecular complexity index is 329. The third-order valence-electron chi connectivity index (χ3n) is 2.61. The van der Waals surface area contributed by atoms with E-state index in [2.05, 4.69) is 10.3 Å². The Hall–Kier alpha value is -1.26. The van der Waals surface area contributed by atoms with Crippen LogP contribution in [0, 0.1) is 0 Å². The van der Waals surface area contributed by atoms with Gasteiger partial charge in [-0.3, -0.25) is 9.89 Å². The molecule has 0 aromatic rings. The van der Waals surface area contributed by atoms with Crippen molar-refractivity contribution >= 4 is 11.9 Å². The van der Waals surface area contributed by atoms with Crippen molar-refractivity contribution < 1.29 is 9.53 Å². The highest BCUT2D eigenvalue weighted by Gasteiger charge is 2.28. The number of carbonyl (C=O) groups excluding carboxylic acids is 1. The molecule has 0 aromatic carbocycles. The molecule has 0 unspecified atom stereocenters. The average Bonchev–Trinajstić information content (AvgIpc) is 2.99. The number of aliphatic imine (C=N–C) groups is 1. The number of carbonyl (C=O) groups is 1. The Morgan fingerprint density at radius 2 is 2.18 bits per heavy atom. The van der Waals surface area contributed by atoms with Gasteiger partial charge in [0.25, 0.3) is 0 Å². The van der Waals surface area contributed by atoms with Gasteiger partial charge in [-0.1, -0.05) is 0 Å². The second kappa shape index (κ2) is 4.55. The summed E-state index contributed by atoms with van der Waals surface area (Å²) in [6.07, 6.45) is 2.18. The van der Waals surface area contributed by atoms with Crippen molar-refractivity contribution in [3.05, 3.63) is 0 Å². The Kier molecular flexibility index (Phi) is 3.26. The van der Waals surface area contributed by atoms with Crippen molar-refractivity contribution in [2.45, 2.75) is 45.3 Å². The van der Waals surface area contributed by atoms with Gasteiger partial charge in [-0.2, -0.15) is 0 Å². The zero-order chi connectivity index (χ0) is 12.5. The van der Waals surface area contributed by atoms with Gasteiger partial charge in [0.15, 0.2) is 0 Å². The molecule has 1 saturated carbocycles. The number of amidine groups is 1.